The van der Waals surface area contributed by atoms with Crippen molar-refractivity contribution in [1.29, 1.82) is 0 Å². The number of rotatable bonds is 7. The third kappa shape index (κ3) is 6.83. The summed E-state index contributed by atoms with van der Waals surface area (Å²) in [7, 11) is 0. The van der Waals surface area contributed by atoms with Crippen molar-refractivity contribution >= 4 is 29.9 Å². The Balaban J connectivity index is 2.94. The Bertz CT molecular complexity index is 710. The molecule has 25 heavy (non-hydrogen) atoms. The molecule has 0 saturated carbocycles. The maximum atomic E-state index is 11.6. The number of carboxylic acid groups (broad SMARTS) is 1. The van der Waals surface area contributed by atoms with E-state index >= 15 is 0 Å². The molecule has 9 heteroatoms. The van der Waals surface area contributed by atoms with Crippen LogP contribution in [0, 0.1) is 0 Å². The summed E-state index contributed by atoms with van der Waals surface area (Å²) in [5, 5.41) is 19.7. The number of benzene rings is 1. The number of amides is 1. The zero-order chi connectivity index (χ0) is 19.0. The summed E-state index contributed by atoms with van der Waals surface area (Å²) in [6.07, 6.45) is 2.38. The van der Waals surface area contributed by atoms with E-state index < -0.39 is 36.5 Å². The highest BCUT2D eigenvalue weighted by molar-refractivity contribution is 5.94. The van der Waals surface area contributed by atoms with Gasteiger partial charge < -0.3 is 25.0 Å². The molecule has 1 aromatic rings. The van der Waals surface area contributed by atoms with Crippen molar-refractivity contribution in [3.05, 3.63) is 29.8 Å². The normalized spacial score (nSPS) is 11.6. The fourth-order valence-corrected chi connectivity index (χ4v) is 1.68. The molecule has 1 amide bonds. The summed E-state index contributed by atoms with van der Waals surface area (Å²) in [5.41, 5.74) is 0.429. The minimum Gasteiger partial charge on any atom is -0.480 e. The number of carboxylic acids is 1. The first-order valence-electron chi connectivity index (χ1n) is 7.06. The summed E-state index contributed by atoms with van der Waals surface area (Å²) in [5.74, 6) is -3.30. The number of aliphatic carboxylic acids is 1. The van der Waals surface area contributed by atoms with Gasteiger partial charge in [-0.25, -0.2) is 4.79 Å². The van der Waals surface area contributed by atoms with E-state index in [2.05, 4.69) is 5.32 Å². The molecule has 0 aliphatic carbocycles. The average molecular weight is 351 g/mol. The van der Waals surface area contributed by atoms with Crippen molar-refractivity contribution in [3.63, 3.8) is 0 Å². The van der Waals surface area contributed by atoms with Crippen molar-refractivity contribution in [1.82, 2.24) is 5.32 Å². The van der Waals surface area contributed by atoms with Gasteiger partial charge in [0.25, 0.3) is 0 Å². The topological polar surface area (TPSA) is 139 Å². The third-order valence-corrected chi connectivity index (χ3v) is 2.70. The first-order chi connectivity index (χ1) is 11.7. The molecule has 1 aromatic carbocycles. The van der Waals surface area contributed by atoms with E-state index in [4.69, 9.17) is 19.7 Å². The second-order valence-electron chi connectivity index (χ2n) is 4.81. The van der Waals surface area contributed by atoms with Gasteiger partial charge in [0.1, 0.15) is 0 Å². The molecule has 0 aliphatic heterocycles. The highest BCUT2D eigenvalue weighted by Crippen LogP contribution is 2.29. The van der Waals surface area contributed by atoms with Crippen LogP contribution in [0.5, 0.6) is 11.5 Å². The summed E-state index contributed by atoms with van der Waals surface area (Å²) < 4.78 is 9.85. The quantitative estimate of drug-likeness (QED) is 0.357. The lowest BCUT2D eigenvalue weighted by atomic mass is 10.2. The third-order valence-electron chi connectivity index (χ3n) is 2.70. The molecule has 0 fully saturated rings. The zero-order valence-electron chi connectivity index (χ0n) is 13.5. The van der Waals surface area contributed by atoms with Crippen LogP contribution in [0.2, 0.25) is 0 Å². The standard InChI is InChI=1S/C16H17NO8/c1-9(19)24-13-5-3-11(7-14(13)25-10(2)20)4-6-15(21)17-12(8-18)16(22)23/h3-7,12,18H,8H2,1-2H3,(H,17,21)(H,22,23)/t12-/m1/s1. The molecule has 0 aromatic heterocycles. The number of carbonyl (C=O) groups is 4. The van der Waals surface area contributed by atoms with Crippen LogP contribution in [0.15, 0.2) is 24.3 Å². The Morgan fingerprint density at radius 2 is 1.72 bits per heavy atom. The van der Waals surface area contributed by atoms with E-state index in [1.165, 1.54) is 38.1 Å². The van der Waals surface area contributed by atoms with Crippen LogP contribution in [0.25, 0.3) is 6.08 Å². The van der Waals surface area contributed by atoms with Crippen molar-refractivity contribution in [2.45, 2.75) is 19.9 Å². The molecule has 1 atom stereocenters. The predicted molar refractivity (Wildman–Crippen MR) is 84.7 cm³/mol. The molecule has 134 valence electrons. The predicted octanol–water partition coefficient (Wildman–Crippen LogP) is 0.112. The molecular formula is C16H17NO8. The molecule has 0 spiro atoms. The maximum absolute atomic E-state index is 11.6. The highest BCUT2D eigenvalue weighted by atomic mass is 16.6. The minimum absolute atomic E-state index is 0.0102. The fraction of sp³-hybridized carbons (Fsp3) is 0.250. The zero-order valence-corrected chi connectivity index (χ0v) is 13.5. The lowest BCUT2D eigenvalue weighted by molar-refractivity contribution is -0.142. The van der Waals surface area contributed by atoms with E-state index in [-0.39, 0.29) is 11.5 Å². The molecule has 0 heterocycles. The molecular weight excluding hydrogens is 334 g/mol. The lowest BCUT2D eigenvalue weighted by Crippen LogP contribution is -2.42. The smallest absolute Gasteiger partial charge is 0.328 e. The Labute approximate surface area is 142 Å². The highest BCUT2D eigenvalue weighted by Gasteiger charge is 2.17. The van der Waals surface area contributed by atoms with E-state index in [0.717, 1.165) is 6.08 Å². The Morgan fingerprint density at radius 1 is 1.12 bits per heavy atom. The lowest BCUT2D eigenvalue weighted by Gasteiger charge is -2.10. The SMILES string of the molecule is CC(=O)Oc1ccc(C=CC(=O)N[C@H](CO)C(=O)O)cc1OC(C)=O. The van der Waals surface area contributed by atoms with E-state index in [1.54, 1.807) is 0 Å². The van der Waals surface area contributed by atoms with Gasteiger partial charge in [0.15, 0.2) is 17.5 Å². The first-order valence-corrected chi connectivity index (χ1v) is 7.06. The second kappa shape index (κ2) is 9.18. The van der Waals surface area contributed by atoms with Gasteiger partial charge in [-0.15, -0.1) is 0 Å². The van der Waals surface area contributed by atoms with Gasteiger partial charge in [-0.3, -0.25) is 14.4 Å². The molecule has 0 radical (unpaired) electrons. The molecule has 0 saturated heterocycles. The number of aliphatic hydroxyl groups excluding tert-OH is 1. The number of aliphatic hydroxyl groups is 1. The van der Waals surface area contributed by atoms with E-state index in [0.29, 0.717) is 5.56 Å². The van der Waals surface area contributed by atoms with Gasteiger partial charge in [0, 0.05) is 19.9 Å². The van der Waals surface area contributed by atoms with Crippen molar-refractivity contribution < 1.29 is 38.9 Å². The van der Waals surface area contributed by atoms with Crippen molar-refractivity contribution in [2.24, 2.45) is 0 Å². The van der Waals surface area contributed by atoms with Crippen LogP contribution in [0.4, 0.5) is 0 Å². The molecule has 0 unspecified atom stereocenters. The van der Waals surface area contributed by atoms with E-state index in [1.807, 2.05) is 0 Å². The number of hydrogen-bond donors (Lipinski definition) is 3. The monoisotopic (exact) mass is 351 g/mol. The summed E-state index contributed by atoms with van der Waals surface area (Å²) in [6.45, 7) is 1.62. The number of carbonyl (C=O) groups excluding carboxylic acids is 3. The molecule has 3 N–H and O–H groups in total. The Morgan fingerprint density at radius 3 is 2.24 bits per heavy atom. The second-order valence-corrected chi connectivity index (χ2v) is 4.81. The van der Waals surface area contributed by atoms with Gasteiger partial charge in [0.05, 0.1) is 6.61 Å². The number of esters is 2. The summed E-state index contributed by atoms with van der Waals surface area (Å²) in [4.78, 5) is 44.5. The van der Waals surface area contributed by atoms with Gasteiger partial charge in [-0.2, -0.15) is 0 Å². The fourth-order valence-electron chi connectivity index (χ4n) is 1.68. The largest absolute Gasteiger partial charge is 0.480 e. The van der Waals surface area contributed by atoms with Crippen LogP contribution in [0.1, 0.15) is 19.4 Å². The molecule has 1 rings (SSSR count). The maximum Gasteiger partial charge on any atom is 0.328 e. The van der Waals surface area contributed by atoms with Crippen LogP contribution in [0.3, 0.4) is 0 Å². The Kier molecular flexibility index (Phi) is 7.29. The van der Waals surface area contributed by atoms with Crippen LogP contribution < -0.4 is 14.8 Å². The molecule has 9 nitrogen and oxygen atoms in total. The van der Waals surface area contributed by atoms with Gasteiger partial charge in [-0.05, 0) is 23.8 Å². The van der Waals surface area contributed by atoms with Crippen LogP contribution in [-0.4, -0.2) is 46.7 Å². The first kappa shape index (κ1) is 19.8. The number of hydrogen-bond acceptors (Lipinski definition) is 7. The van der Waals surface area contributed by atoms with Gasteiger partial charge in [-0.1, -0.05) is 6.07 Å². The van der Waals surface area contributed by atoms with E-state index in [9.17, 15) is 19.2 Å². The van der Waals surface area contributed by atoms with Gasteiger partial charge in [0.2, 0.25) is 5.91 Å². The minimum atomic E-state index is -1.42. The average Bonchev–Trinajstić information content (AvgIpc) is 2.51. The van der Waals surface area contributed by atoms with Crippen molar-refractivity contribution in [3.8, 4) is 11.5 Å². The number of ether oxygens (including phenoxy) is 2. The molecule has 0 aliphatic rings. The number of nitrogens with one attached hydrogen (secondary N) is 1. The van der Waals surface area contributed by atoms with Gasteiger partial charge >= 0.3 is 17.9 Å². The summed E-state index contributed by atoms with van der Waals surface area (Å²) in [6, 6.07) is 2.82. The molecule has 0 bridgehead atoms. The van der Waals surface area contributed by atoms with Crippen LogP contribution in [-0.2, 0) is 19.2 Å². The Hall–Kier alpha value is -3.20. The summed E-state index contributed by atoms with van der Waals surface area (Å²) >= 11 is 0. The van der Waals surface area contributed by atoms with Crippen molar-refractivity contribution in [2.75, 3.05) is 6.61 Å². The van der Waals surface area contributed by atoms with Crippen LogP contribution >= 0.6 is 0 Å².